The van der Waals surface area contributed by atoms with Crippen molar-refractivity contribution >= 4 is 27.5 Å². The van der Waals surface area contributed by atoms with Crippen molar-refractivity contribution in [2.75, 3.05) is 33.9 Å². The molecule has 1 amide bonds. The first-order valence-electron chi connectivity index (χ1n) is 11.3. The normalized spacial score (nSPS) is 20.6. The van der Waals surface area contributed by atoms with Crippen LogP contribution in [0, 0.1) is 0 Å². The maximum atomic E-state index is 13.1. The zero-order valence-electron chi connectivity index (χ0n) is 19.6. The first-order valence-corrected chi connectivity index (χ1v) is 13.1. The average molecular weight is 508 g/mol. The Morgan fingerprint density at radius 1 is 1.06 bits per heavy atom. The van der Waals surface area contributed by atoms with Crippen LogP contribution in [0.4, 0.5) is 0 Å². The Hall–Kier alpha value is -2.33. The summed E-state index contributed by atoms with van der Waals surface area (Å²) in [5, 5.41) is 3.95. The fraction of sp³-hybridized carbons (Fsp3) is 0.458. The van der Waals surface area contributed by atoms with Gasteiger partial charge in [-0.25, -0.2) is 8.42 Å². The van der Waals surface area contributed by atoms with E-state index in [4.69, 9.17) is 21.1 Å². The predicted octanol–water partition coefficient (Wildman–Crippen LogP) is 2.90. The molecule has 1 atom stereocenters. The molecule has 2 aliphatic rings. The quantitative estimate of drug-likeness (QED) is 0.620. The summed E-state index contributed by atoms with van der Waals surface area (Å²) in [7, 11) is -0.432. The number of rotatable bonds is 7. The van der Waals surface area contributed by atoms with E-state index >= 15 is 0 Å². The first kappa shape index (κ1) is 24.8. The summed E-state index contributed by atoms with van der Waals surface area (Å²) in [5.41, 5.74) is 0.474. The summed E-state index contributed by atoms with van der Waals surface area (Å²) in [6, 6.07) is 11.6. The lowest BCUT2D eigenvalue weighted by molar-refractivity contribution is -0.132. The van der Waals surface area contributed by atoms with Crippen LogP contribution in [0.2, 0.25) is 5.02 Å². The predicted molar refractivity (Wildman–Crippen MR) is 130 cm³/mol. The summed E-state index contributed by atoms with van der Waals surface area (Å²) in [5.74, 6) is 1.34. The zero-order valence-corrected chi connectivity index (χ0v) is 21.2. The van der Waals surface area contributed by atoms with Crippen LogP contribution < -0.4 is 14.8 Å². The number of carbonyl (C=O) groups is 1. The van der Waals surface area contributed by atoms with Crippen LogP contribution in [0.25, 0.3) is 0 Å². The number of piperidine rings is 1. The highest BCUT2D eigenvalue weighted by Crippen LogP contribution is 2.35. The molecule has 4 rings (SSSR count). The molecule has 0 radical (unpaired) electrons. The molecule has 1 unspecified atom stereocenters. The van der Waals surface area contributed by atoms with E-state index in [0.717, 1.165) is 5.56 Å². The van der Waals surface area contributed by atoms with Gasteiger partial charge < -0.3 is 14.4 Å². The SMILES string of the molecule is COc1ccc(CCN2C(=O)C(C)NC23CCN(S(=O)(=O)c2ccc(Cl)cc2)CC3)cc1OC. The van der Waals surface area contributed by atoms with Gasteiger partial charge in [-0.3, -0.25) is 10.1 Å². The van der Waals surface area contributed by atoms with Gasteiger partial charge in [-0.15, -0.1) is 0 Å². The minimum atomic E-state index is -3.62. The summed E-state index contributed by atoms with van der Waals surface area (Å²) in [6.07, 6.45) is 1.68. The van der Waals surface area contributed by atoms with Gasteiger partial charge in [0.15, 0.2) is 11.5 Å². The summed E-state index contributed by atoms with van der Waals surface area (Å²) in [6.45, 7) is 3.03. The zero-order chi connectivity index (χ0) is 24.5. The third kappa shape index (κ3) is 4.62. The standard InChI is InChI=1S/C24H30ClN3O5S/c1-17-23(29)28(13-10-18-4-9-21(32-2)22(16-18)33-3)24(26-17)11-14-27(15-12-24)34(30,31)20-7-5-19(25)6-8-20/h4-9,16-17,26H,10-15H2,1-3H3. The Labute approximate surface area is 205 Å². The van der Waals surface area contributed by atoms with E-state index in [-0.39, 0.29) is 16.8 Å². The fourth-order valence-electron chi connectivity index (χ4n) is 4.85. The minimum absolute atomic E-state index is 0.0366. The van der Waals surface area contributed by atoms with E-state index in [1.807, 2.05) is 30.0 Å². The molecule has 2 aromatic rings. The second kappa shape index (κ2) is 9.73. The molecule has 1 N–H and O–H groups in total. The van der Waals surface area contributed by atoms with Crippen molar-refractivity contribution in [3.05, 3.63) is 53.1 Å². The number of nitrogens with zero attached hydrogens (tertiary/aromatic N) is 2. The van der Waals surface area contributed by atoms with Gasteiger partial charge in [-0.05, 0) is 68.1 Å². The Bertz CT molecular complexity index is 1150. The van der Waals surface area contributed by atoms with Crippen LogP contribution in [-0.2, 0) is 21.2 Å². The Kier molecular flexibility index (Phi) is 7.09. The van der Waals surface area contributed by atoms with Crippen molar-refractivity contribution in [1.29, 1.82) is 0 Å². The second-order valence-electron chi connectivity index (χ2n) is 8.68. The number of nitrogens with one attached hydrogen (secondary N) is 1. The fourth-order valence-corrected chi connectivity index (χ4v) is 6.42. The number of amides is 1. The number of hydrogen-bond acceptors (Lipinski definition) is 6. The molecule has 10 heteroatoms. The Morgan fingerprint density at radius 2 is 1.71 bits per heavy atom. The molecule has 0 bridgehead atoms. The van der Waals surface area contributed by atoms with Crippen LogP contribution in [-0.4, -0.2) is 69.1 Å². The van der Waals surface area contributed by atoms with Gasteiger partial charge in [-0.2, -0.15) is 4.31 Å². The number of benzene rings is 2. The van der Waals surface area contributed by atoms with Crippen LogP contribution >= 0.6 is 11.6 Å². The van der Waals surface area contributed by atoms with Crippen LogP contribution in [0.5, 0.6) is 11.5 Å². The lowest BCUT2D eigenvalue weighted by atomic mass is 9.96. The van der Waals surface area contributed by atoms with E-state index in [0.29, 0.717) is 55.4 Å². The Balaban J connectivity index is 1.47. The smallest absolute Gasteiger partial charge is 0.243 e. The third-order valence-corrected chi connectivity index (χ3v) is 8.88. The molecule has 0 aromatic heterocycles. The number of hydrogen-bond donors (Lipinski definition) is 1. The van der Waals surface area contributed by atoms with E-state index in [1.54, 1.807) is 26.4 Å². The van der Waals surface area contributed by atoms with E-state index in [1.165, 1.54) is 16.4 Å². The van der Waals surface area contributed by atoms with Crippen molar-refractivity contribution in [3.8, 4) is 11.5 Å². The average Bonchev–Trinajstić information content (AvgIpc) is 3.06. The van der Waals surface area contributed by atoms with Crippen molar-refractivity contribution < 1.29 is 22.7 Å². The van der Waals surface area contributed by atoms with E-state index in [9.17, 15) is 13.2 Å². The molecule has 34 heavy (non-hydrogen) atoms. The van der Waals surface area contributed by atoms with Gasteiger partial charge in [0.2, 0.25) is 15.9 Å². The van der Waals surface area contributed by atoms with E-state index in [2.05, 4.69) is 5.32 Å². The summed E-state index contributed by atoms with van der Waals surface area (Å²) < 4.78 is 38.4. The lowest BCUT2D eigenvalue weighted by Gasteiger charge is -2.44. The van der Waals surface area contributed by atoms with Crippen molar-refractivity contribution in [1.82, 2.24) is 14.5 Å². The maximum absolute atomic E-state index is 13.1. The topological polar surface area (TPSA) is 88.2 Å². The van der Waals surface area contributed by atoms with Crippen molar-refractivity contribution in [3.63, 3.8) is 0 Å². The lowest BCUT2D eigenvalue weighted by Crippen LogP contribution is -2.59. The molecule has 0 saturated carbocycles. The van der Waals surface area contributed by atoms with Crippen molar-refractivity contribution in [2.24, 2.45) is 0 Å². The number of methoxy groups -OCH3 is 2. The number of sulfonamides is 1. The van der Waals surface area contributed by atoms with Crippen LogP contribution in [0.15, 0.2) is 47.4 Å². The third-order valence-electron chi connectivity index (χ3n) is 6.71. The summed E-state index contributed by atoms with van der Waals surface area (Å²) >= 11 is 5.91. The van der Waals surface area contributed by atoms with Gasteiger partial charge in [0.05, 0.1) is 30.8 Å². The number of carbonyl (C=O) groups excluding carboxylic acids is 1. The van der Waals surface area contributed by atoms with Crippen LogP contribution in [0.3, 0.4) is 0 Å². The molecule has 2 fully saturated rings. The molecule has 8 nitrogen and oxygen atoms in total. The summed E-state index contributed by atoms with van der Waals surface area (Å²) in [4.78, 5) is 15.1. The molecule has 2 aliphatic heterocycles. The Morgan fingerprint density at radius 3 is 2.32 bits per heavy atom. The molecular formula is C24H30ClN3O5S. The molecule has 2 heterocycles. The molecule has 2 aromatic carbocycles. The maximum Gasteiger partial charge on any atom is 0.243 e. The van der Waals surface area contributed by atoms with E-state index < -0.39 is 15.7 Å². The van der Waals surface area contributed by atoms with Gasteiger partial charge in [0, 0.05) is 24.7 Å². The molecule has 1 spiro atoms. The van der Waals surface area contributed by atoms with Crippen LogP contribution in [0.1, 0.15) is 25.3 Å². The van der Waals surface area contributed by atoms with Crippen molar-refractivity contribution in [2.45, 2.75) is 42.8 Å². The first-order chi connectivity index (χ1) is 16.2. The number of halogens is 1. The van der Waals surface area contributed by atoms with Gasteiger partial charge in [0.1, 0.15) is 0 Å². The highest BCUT2D eigenvalue weighted by atomic mass is 35.5. The largest absolute Gasteiger partial charge is 0.493 e. The molecular weight excluding hydrogens is 478 g/mol. The number of ether oxygens (including phenoxy) is 2. The monoisotopic (exact) mass is 507 g/mol. The molecule has 0 aliphatic carbocycles. The van der Waals surface area contributed by atoms with Gasteiger partial charge in [-0.1, -0.05) is 17.7 Å². The van der Waals surface area contributed by atoms with Gasteiger partial charge in [0.25, 0.3) is 0 Å². The second-order valence-corrected chi connectivity index (χ2v) is 11.1. The highest BCUT2D eigenvalue weighted by Gasteiger charge is 2.50. The molecule has 184 valence electrons. The minimum Gasteiger partial charge on any atom is -0.493 e. The highest BCUT2D eigenvalue weighted by molar-refractivity contribution is 7.89. The van der Waals surface area contributed by atoms with Gasteiger partial charge >= 0.3 is 0 Å². The molecule has 2 saturated heterocycles.